The van der Waals surface area contributed by atoms with Gasteiger partial charge in [-0.15, -0.1) is 0 Å². The van der Waals surface area contributed by atoms with Crippen molar-refractivity contribution in [1.82, 2.24) is 5.32 Å². The molecule has 0 fully saturated rings. The van der Waals surface area contributed by atoms with E-state index in [1.54, 1.807) is 0 Å². The minimum atomic E-state index is -4.77. The zero-order valence-electron chi connectivity index (χ0n) is 11.9. The third kappa shape index (κ3) is 4.10. The number of hydrogen-bond donors (Lipinski definition) is 2. The third-order valence-corrected chi connectivity index (χ3v) is 3.13. The van der Waals surface area contributed by atoms with Crippen molar-refractivity contribution in [2.45, 2.75) is 18.7 Å². The number of nitrogens with one attached hydrogen (secondary N) is 1. The second-order valence-corrected chi connectivity index (χ2v) is 5.16. The first-order valence-corrected chi connectivity index (χ1v) is 6.52. The molecule has 0 saturated carbocycles. The second-order valence-electron chi connectivity index (χ2n) is 5.16. The van der Waals surface area contributed by atoms with Gasteiger partial charge in [0.25, 0.3) is 5.91 Å². The van der Waals surface area contributed by atoms with Crippen molar-refractivity contribution in [3.63, 3.8) is 0 Å². The molecule has 0 radical (unpaired) electrons. The Balaban J connectivity index is 2.14. The molecule has 0 bridgehead atoms. The minimum absolute atomic E-state index is 0.174. The molecule has 1 aromatic carbocycles. The number of alkyl halides is 3. The van der Waals surface area contributed by atoms with Crippen LogP contribution in [0.15, 0.2) is 41.0 Å². The van der Waals surface area contributed by atoms with Gasteiger partial charge in [-0.2, -0.15) is 13.2 Å². The number of benzene rings is 1. The van der Waals surface area contributed by atoms with Crippen LogP contribution in [0, 0.1) is 5.82 Å². The van der Waals surface area contributed by atoms with E-state index in [2.05, 4.69) is 5.32 Å². The van der Waals surface area contributed by atoms with Crippen molar-refractivity contribution in [3.8, 4) is 0 Å². The van der Waals surface area contributed by atoms with E-state index in [1.807, 2.05) is 0 Å². The molecular formula is C15H13F4NO3. The summed E-state index contributed by atoms with van der Waals surface area (Å²) in [5, 5.41) is 12.4. The molecule has 2 N–H and O–H groups in total. The largest absolute Gasteiger partial charge is 0.466 e. The maximum absolute atomic E-state index is 13.3. The number of amides is 1. The van der Waals surface area contributed by atoms with Gasteiger partial charge in [0.1, 0.15) is 17.2 Å². The normalized spacial score (nSPS) is 14.3. The van der Waals surface area contributed by atoms with Crippen molar-refractivity contribution >= 4 is 5.91 Å². The summed E-state index contributed by atoms with van der Waals surface area (Å²) in [6.45, 7) is 1.04. The van der Waals surface area contributed by atoms with E-state index in [9.17, 15) is 27.5 Å². The highest BCUT2D eigenvalue weighted by molar-refractivity contribution is 5.94. The zero-order chi connectivity index (χ0) is 17.3. The minimum Gasteiger partial charge on any atom is -0.466 e. The number of aliphatic hydroxyl groups is 1. The first-order chi connectivity index (χ1) is 10.6. The van der Waals surface area contributed by atoms with E-state index in [4.69, 9.17) is 4.42 Å². The Morgan fingerprint density at radius 2 is 2.00 bits per heavy atom. The molecule has 2 rings (SSSR count). The fourth-order valence-corrected chi connectivity index (χ4v) is 1.91. The van der Waals surface area contributed by atoms with Gasteiger partial charge in [-0.3, -0.25) is 4.79 Å². The number of carbonyl (C=O) groups excluding carboxylic acids is 1. The van der Waals surface area contributed by atoms with Crippen LogP contribution in [0.3, 0.4) is 0 Å². The summed E-state index contributed by atoms with van der Waals surface area (Å²) in [6.07, 6.45) is -3.44. The van der Waals surface area contributed by atoms with Crippen LogP contribution in [0.1, 0.15) is 28.6 Å². The Morgan fingerprint density at radius 1 is 1.30 bits per heavy atom. The van der Waals surface area contributed by atoms with Gasteiger partial charge in [-0.05, 0) is 37.3 Å². The highest BCUT2D eigenvalue weighted by Gasteiger charge is 2.32. The van der Waals surface area contributed by atoms with Gasteiger partial charge in [-0.25, -0.2) is 4.39 Å². The fraction of sp³-hybridized carbons (Fsp3) is 0.267. The molecule has 1 amide bonds. The molecule has 1 aromatic heterocycles. The first-order valence-electron chi connectivity index (χ1n) is 6.52. The quantitative estimate of drug-likeness (QED) is 0.847. The van der Waals surface area contributed by atoms with Crippen LogP contribution in [-0.4, -0.2) is 17.6 Å². The first kappa shape index (κ1) is 17.0. The molecule has 0 aliphatic heterocycles. The summed E-state index contributed by atoms with van der Waals surface area (Å²) in [7, 11) is 0. The van der Waals surface area contributed by atoms with Crippen molar-refractivity contribution in [3.05, 3.63) is 59.3 Å². The maximum atomic E-state index is 13.3. The molecule has 4 nitrogen and oxygen atoms in total. The standard InChI is InChI=1S/C15H13F4NO3/c1-14(22,12-3-2-4-23-12)8-20-13(21)9-5-10(15(17,18)19)7-11(16)6-9/h2-7,22H,8H2,1H3,(H,20,21). The molecule has 124 valence electrons. The smallest absolute Gasteiger partial charge is 0.416 e. The van der Waals surface area contributed by atoms with Crippen LogP contribution in [0.2, 0.25) is 0 Å². The number of furan rings is 1. The van der Waals surface area contributed by atoms with Gasteiger partial charge in [0.15, 0.2) is 0 Å². The highest BCUT2D eigenvalue weighted by Crippen LogP contribution is 2.30. The summed E-state index contributed by atoms with van der Waals surface area (Å²) in [4.78, 5) is 11.9. The van der Waals surface area contributed by atoms with Gasteiger partial charge in [-0.1, -0.05) is 0 Å². The summed E-state index contributed by atoms with van der Waals surface area (Å²) in [6, 6.07) is 4.55. The lowest BCUT2D eigenvalue weighted by Crippen LogP contribution is -2.38. The molecule has 23 heavy (non-hydrogen) atoms. The second kappa shape index (κ2) is 6.04. The summed E-state index contributed by atoms with van der Waals surface area (Å²) < 4.78 is 56.1. The molecule has 0 saturated heterocycles. The third-order valence-electron chi connectivity index (χ3n) is 3.13. The zero-order valence-corrected chi connectivity index (χ0v) is 11.9. The van der Waals surface area contributed by atoms with Gasteiger partial charge in [0.2, 0.25) is 0 Å². The van der Waals surface area contributed by atoms with Crippen LogP contribution in [0.5, 0.6) is 0 Å². The molecule has 1 heterocycles. The van der Waals surface area contributed by atoms with E-state index in [-0.39, 0.29) is 12.3 Å². The van der Waals surface area contributed by atoms with E-state index >= 15 is 0 Å². The average molecular weight is 331 g/mol. The predicted octanol–water partition coefficient (Wildman–Crippen LogP) is 3.08. The average Bonchev–Trinajstić information content (AvgIpc) is 2.98. The van der Waals surface area contributed by atoms with Gasteiger partial charge < -0.3 is 14.8 Å². The van der Waals surface area contributed by atoms with Crippen LogP contribution in [0.4, 0.5) is 17.6 Å². The molecule has 0 aliphatic rings. The molecule has 1 atom stereocenters. The van der Waals surface area contributed by atoms with Crippen molar-refractivity contribution < 1.29 is 31.9 Å². The summed E-state index contributed by atoms with van der Waals surface area (Å²) in [5.74, 6) is -1.95. The Bertz CT molecular complexity index is 693. The Labute approximate surface area is 128 Å². The van der Waals surface area contributed by atoms with E-state index in [0.717, 1.165) is 0 Å². The summed E-state index contributed by atoms with van der Waals surface area (Å²) >= 11 is 0. The fourth-order valence-electron chi connectivity index (χ4n) is 1.91. The van der Waals surface area contributed by atoms with Crippen LogP contribution in [-0.2, 0) is 11.8 Å². The Kier molecular flexibility index (Phi) is 4.46. The Morgan fingerprint density at radius 3 is 2.57 bits per heavy atom. The van der Waals surface area contributed by atoms with E-state index in [0.29, 0.717) is 18.2 Å². The van der Waals surface area contributed by atoms with Crippen LogP contribution in [0.25, 0.3) is 0 Å². The van der Waals surface area contributed by atoms with Crippen molar-refractivity contribution in [2.24, 2.45) is 0 Å². The van der Waals surface area contributed by atoms with Gasteiger partial charge >= 0.3 is 6.18 Å². The highest BCUT2D eigenvalue weighted by atomic mass is 19.4. The maximum Gasteiger partial charge on any atom is 0.416 e. The topological polar surface area (TPSA) is 62.5 Å². The number of carbonyl (C=O) groups is 1. The van der Waals surface area contributed by atoms with Crippen LogP contribution >= 0.6 is 0 Å². The Hall–Kier alpha value is -2.35. The molecule has 1 unspecified atom stereocenters. The van der Waals surface area contributed by atoms with Gasteiger partial charge in [0.05, 0.1) is 18.4 Å². The van der Waals surface area contributed by atoms with Crippen molar-refractivity contribution in [1.29, 1.82) is 0 Å². The lowest BCUT2D eigenvalue weighted by molar-refractivity contribution is -0.137. The molecule has 0 spiro atoms. The van der Waals surface area contributed by atoms with E-state index in [1.165, 1.54) is 25.3 Å². The molecule has 0 aliphatic carbocycles. The monoisotopic (exact) mass is 331 g/mol. The SMILES string of the molecule is CC(O)(CNC(=O)c1cc(F)cc(C(F)(F)F)c1)c1ccco1. The number of rotatable bonds is 4. The molecule has 8 heteroatoms. The number of halogens is 4. The number of hydrogen-bond acceptors (Lipinski definition) is 3. The molecular weight excluding hydrogens is 318 g/mol. The lowest BCUT2D eigenvalue weighted by Gasteiger charge is -2.21. The van der Waals surface area contributed by atoms with E-state index < -0.39 is 34.6 Å². The summed E-state index contributed by atoms with van der Waals surface area (Å²) in [5.41, 5.74) is -3.31. The lowest BCUT2D eigenvalue weighted by atomic mass is 10.0. The van der Waals surface area contributed by atoms with Gasteiger partial charge in [0, 0.05) is 5.56 Å². The van der Waals surface area contributed by atoms with Crippen LogP contribution < -0.4 is 5.32 Å². The molecule has 2 aromatic rings. The predicted molar refractivity (Wildman–Crippen MR) is 72.0 cm³/mol. The van der Waals surface area contributed by atoms with Crippen molar-refractivity contribution in [2.75, 3.05) is 6.54 Å².